The molecular formula is C18H20FN7O. The molecule has 2 aromatic heterocycles. The van der Waals surface area contributed by atoms with Crippen LogP contribution in [0.4, 0.5) is 15.9 Å². The van der Waals surface area contributed by atoms with E-state index < -0.39 is 11.7 Å². The van der Waals surface area contributed by atoms with Crippen molar-refractivity contribution in [1.29, 1.82) is 0 Å². The summed E-state index contributed by atoms with van der Waals surface area (Å²) in [5, 5.41) is 4.29. The Morgan fingerprint density at radius 1 is 1.30 bits per heavy atom. The van der Waals surface area contributed by atoms with E-state index in [0.717, 1.165) is 25.1 Å². The molecule has 0 bridgehead atoms. The first kappa shape index (κ1) is 17.2. The van der Waals surface area contributed by atoms with Crippen molar-refractivity contribution < 1.29 is 9.18 Å². The molecule has 3 heterocycles. The van der Waals surface area contributed by atoms with Gasteiger partial charge in [-0.3, -0.25) is 4.79 Å². The fourth-order valence-electron chi connectivity index (χ4n) is 3.60. The number of anilines is 2. The van der Waals surface area contributed by atoms with Gasteiger partial charge < -0.3 is 22.1 Å². The molecule has 1 atom stereocenters. The molecule has 6 N–H and O–H groups in total. The van der Waals surface area contributed by atoms with Crippen LogP contribution >= 0.6 is 0 Å². The van der Waals surface area contributed by atoms with Crippen LogP contribution in [0.3, 0.4) is 0 Å². The van der Waals surface area contributed by atoms with Gasteiger partial charge in [-0.05, 0) is 31.0 Å². The lowest BCUT2D eigenvalue weighted by Gasteiger charge is -2.32. The Balaban J connectivity index is 1.88. The average Bonchev–Trinajstić information content (AvgIpc) is 3.02. The van der Waals surface area contributed by atoms with Crippen LogP contribution in [-0.2, 0) is 0 Å². The molecule has 0 aliphatic carbocycles. The summed E-state index contributed by atoms with van der Waals surface area (Å²) in [5.74, 6) is -1.16. The smallest absolute Gasteiger partial charge is 0.251 e. The maximum Gasteiger partial charge on any atom is 0.251 e. The van der Waals surface area contributed by atoms with E-state index in [-0.39, 0.29) is 11.6 Å². The highest BCUT2D eigenvalue weighted by atomic mass is 19.1. The summed E-state index contributed by atoms with van der Waals surface area (Å²) < 4.78 is 15.9. The Labute approximate surface area is 154 Å². The topological polar surface area (TPSA) is 129 Å². The number of fused-ring (bicyclic) bond motifs is 1. The predicted molar refractivity (Wildman–Crippen MR) is 101 cm³/mol. The monoisotopic (exact) mass is 369 g/mol. The number of nitrogen functional groups attached to an aromatic ring is 1. The molecule has 0 radical (unpaired) electrons. The highest BCUT2D eigenvalue weighted by Crippen LogP contribution is 2.35. The van der Waals surface area contributed by atoms with Crippen LogP contribution < -0.4 is 22.1 Å². The zero-order chi connectivity index (χ0) is 19.1. The van der Waals surface area contributed by atoms with E-state index in [2.05, 4.69) is 15.0 Å². The number of carbonyl (C=O) groups excluding carboxylic acids is 1. The maximum absolute atomic E-state index is 14.3. The number of primary amides is 1. The van der Waals surface area contributed by atoms with Crippen molar-refractivity contribution >= 4 is 22.9 Å². The number of piperidine rings is 1. The summed E-state index contributed by atoms with van der Waals surface area (Å²) in [6.07, 6.45) is 3.30. The normalized spacial score (nSPS) is 17.4. The minimum Gasteiger partial charge on any atom is -0.382 e. The fourth-order valence-corrected chi connectivity index (χ4v) is 3.60. The van der Waals surface area contributed by atoms with Crippen molar-refractivity contribution in [2.45, 2.75) is 18.9 Å². The van der Waals surface area contributed by atoms with Gasteiger partial charge in [-0.25, -0.2) is 13.9 Å². The molecule has 0 spiro atoms. The van der Waals surface area contributed by atoms with Crippen LogP contribution in [0.25, 0.3) is 16.8 Å². The zero-order valence-electron chi connectivity index (χ0n) is 14.6. The van der Waals surface area contributed by atoms with E-state index in [0.29, 0.717) is 29.1 Å². The third-order valence-corrected chi connectivity index (χ3v) is 4.89. The van der Waals surface area contributed by atoms with Gasteiger partial charge in [0.05, 0.1) is 16.9 Å². The molecule has 9 heteroatoms. The highest BCUT2D eigenvalue weighted by Gasteiger charge is 2.24. The second kappa shape index (κ2) is 6.51. The quantitative estimate of drug-likeness (QED) is 0.635. The van der Waals surface area contributed by atoms with Crippen molar-refractivity contribution in [3.8, 4) is 11.3 Å². The lowest BCUT2D eigenvalue weighted by molar-refractivity contribution is 0.0996. The molecule has 0 unspecified atom stereocenters. The second-order valence-electron chi connectivity index (χ2n) is 6.73. The molecule has 1 aliphatic heterocycles. The summed E-state index contributed by atoms with van der Waals surface area (Å²) in [5.41, 5.74) is 20.0. The summed E-state index contributed by atoms with van der Waals surface area (Å²) in [4.78, 5) is 17.5. The molecule has 8 nitrogen and oxygen atoms in total. The number of nitrogens with two attached hydrogens (primary N) is 3. The molecule has 4 rings (SSSR count). The Morgan fingerprint density at radius 2 is 2.11 bits per heavy atom. The number of carbonyl (C=O) groups is 1. The van der Waals surface area contributed by atoms with Gasteiger partial charge in [-0.1, -0.05) is 6.07 Å². The van der Waals surface area contributed by atoms with Crippen molar-refractivity contribution in [2.75, 3.05) is 23.7 Å². The van der Waals surface area contributed by atoms with Gasteiger partial charge in [-0.15, -0.1) is 0 Å². The van der Waals surface area contributed by atoms with E-state index in [1.54, 1.807) is 10.6 Å². The summed E-state index contributed by atoms with van der Waals surface area (Å²) in [7, 11) is 0. The molecule has 1 amide bonds. The SMILES string of the molecule is NC(=O)c1ccc(-c2cc(N3CCC[C@@H](N)C3)c3c(N)ncnn23)cc1F. The summed E-state index contributed by atoms with van der Waals surface area (Å²) >= 11 is 0. The first-order chi connectivity index (χ1) is 13.0. The lowest BCUT2D eigenvalue weighted by Crippen LogP contribution is -2.42. The van der Waals surface area contributed by atoms with E-state index in [1.807, 2.05) is 6.07 Å². The third kappa shape index (κ3) is 2.95. The van der Waals surface area contributed by atoms with E-state index in [1.165, 1.54) is 18.5 Å². The van der Waals surface area contributed by atoms with E-state index in [9.17, 15) is 9.18 Å². The Morgan fingerprint density at radius 3 is 2.81 bits per heavy atom. The van der Waals surface area contributed by atoms with Gasteiger partial charge in [0.1, 0.15) is 17.7 Å². The first-order valence-electron chi connectivity index (χ1n) is 8.68. The number of nitrogens with zero attached hydrogens (tertiary/aromatic N) is 4. The van der Waals surface area contributed by atoms with Crippen LogP contribution in [-0.4, -0.2) is 39.6 Å². The molecule has 1 saturated heterocycles. The van der Waals surface area contributed by atoms with E-state index >= 15 is 0 Å². The minimum atomic E-state index is -0.811. The average molecular weight is 369 g/mol. The van der Waals surface area contributed by atoms with Gasteiger partial charge in [0.15, 0.2) is 5.82 Å². The number of amides is 1. The summed E-state index contributed by atoms with van der Waals surface area (Å²) in [6, 6.07) is 6.25. The van der Waals surface area contributed by atoms with Crippen LogP contribution in [0, 0.1) is 5.82 Å². The zero-order valence-corrected chi connectivity index (χ0v) is 14.6. The van der Waals surface area contributed by atoms with Gasteiger partial charge in [0.2, 0.25) is 0 Å². The Hall–Kier alpha value is -3.20. The fraction of sp³-hybridized carbons (Fsp3) is 0.278. The highest BCUT2D eigenvalue weighted by molar-refractivity contribution is 5.94. The lowest BCUT2D eigenvalue weighted by atomic mass is 10.1. The molecule has 1 aliphatic rings. The standard InChI is InChI=1S/C18H20FN7O/c19-13-6-10(3-4-12(13)18(22)27)14-7-15(25-5-1-2-11(20)8-25)16-17(21)23-9-24-26(14)16/h3-4,6-7,9,11H,1-2,5,8,20H2,(H2,22,27)(H2,21,23,24)/t11-/m1/s1. The minimum absolute atomic E-state index is 0.0790. The van der Waals surface area contributed by atoms with Gasteiger partial charge in [0.25, 0.3) is 5.91 Å². The van der Waals surface area contributed by atoms with Crippen LogP contribution in [0.5, 0.6) is 0 Å². The number of aromatic nitrogens is 3. The van der Waals surface area contributed by atoms with Crippen LogP contribution in [0.1, 0.15) is 23.2 Å². The second-order valence-corrected chi connectivity index (χ2v) is 6.73. The van der Waals surface area contributed by atoms with Crippen molar-refractivity contribution in [2.24, 2.45) is 11.5 Å². The number of hydrogen-bond donors (Lipinski definition) is 3. The molecular weight excluding hydrogens is 349 g/mol. The largest absolute Gasteiger partial charge is 0.382 e. The van der Waals surface area contributed by atoms with Crippen molar-refractivity contribution in [1.82, 2.24) is 14.6 Å². The molecule has 1 aromatic carbocycles. The molecule has 1 fully saturated rings. The van der Waals surface area contributed by atoms with E-state index in [4.69, 9.17) is 17.2 Å². The predicted octanol–water partition coefficient (Wildman–Crippen LogP) is 1.14. The number of benzene rings is 1. The van der Waals surface area contributed by atoms with Gasteiger partial charge in [-0.2, -0.15) is 5.10 Å². The van der Waals surface area contributed by atoms with Crippen molar-refractivity contribution in [3.05, 3.63) is 42.0 Å². The van der Waals surface area contributed by atoms with Crippen LogP contribution in [0.2, 0.25) is 0 Å². The van der Waals surface area contributed by atoms with Gasteiger partial charge >= 0.3 is 0 Å². The van der Waals surface area contributed by atoms with Gasteiger partial charge in [0, 0.05) is 24.7 Å². The third-order valence-electron chi connectivity index (χ3n) is 4.89. The first-order valence-corrected chi connectivity index (χ1v) is 8.68. The Kier molecular flexibility index (Phi) is 4.15. The van der Waals surface area contributed by atoms with Crippen molar-refractivity contribution in [3.63, 3.8) is 0 Å². The maximum atomic E-state index is 14.3. The molecule has 140 valence electrons. The number of rotatable bonds is 3. The number of halogens is 1. The summed E-state index contributed by atoms with van der Waals surface area (Å²) in [6.45, 7) is 1.54. The Bertz CT molecular complexity index is 1030. The molecule has 27 heavy (non-hydrogen) atoms. The number of hydrogen-bond acceptors (Lipinski definition) is 6. The molecule has 3 aromatic rings. The molecule has 0 saturated carbocycles. The van der Waals surface area contributed by atoms with Crippen LogP contribution in [0.15, 0.2) is 30.6 Å².